The lowest BCUT2D eigenvalue weighted by molar-refractivity contribution is -0.137. The van der Waals surface area contributed by atoms with Crippen molar-refractivity contribution in [1.29, 1.82) is 0 Å². The van der Waals surface area contributed by atoms with Gasteiger partial charge in [0.25, 0.3) is 0 Å². The van der Waals surface area contributed by atoms with Crippen LogP contribution in [0, 0.1) is 6.92 Å². The minimum Gasteiger partial charge on any atom is -0.493 e. The number of likely N-dealkylation sites (N-methyl/N-ethyl adjacent to an activating group) is 1. The molecule has 2 heterocycles. The van der Waals surface area contributed by atoms with Crippen LogP contribution in [0.5, 0.6) is 11.5 Å². The number of carbonyl (C=O) groups excluding carboxylic acids is 1. The van der Waals surface area contributed by atoms with Crippen LogP contribution in [0.2, 0.25) is 0 Å². The highest BCUT2D eigenvalue weighted by atomic mass is 79.9. The van der Waals surface area contributed by atoms with Crippen LogP contribution in [-0.4, -0.2) is 50.8 Å². The van der Waals surface area contributed by atoms with Crippen LogP contribution in [0.25, 0.3) is 0 Å². The molecule has 3 atom stereocenters. The summed E-state index contributed by atoms with van der Waals surface area (Å²) in [4.78, 5) is 14.9. The maximum Gasteiger partial charge on any atom is 0.337 e. The molecule has 6 heteroatoms. The number of methoxy groups -OCH3 is 2. The Balaban J connectivity index is 2.03. The highest BCUT2D eigenvalue weighted by Gasteiger charge is 2.59. The summed E-state index contributed by atoms with van der Waals surface area (Å²) < 4.78 is 18.1. The van der Waals surface area contributed by atoms with E-state index in [1.165, 1.54) is 12.7 Å². The summed E-state index contributed by atoms with van der Waals surface area (Å²) in [5.41, 5.74) is 3.70. The molecule has 2 aliphatic heterocycles. The first-order valence-corrected chi connectivity index (χ1v) is 9.91. The van der Waals surface area contributed by atoms with Gasteiger partial charge in [0.05, 0.1) is 25.2 Å². The second-order valence-corrected chi connectivity index (χ2v) is 8.36. The van der Waals surface area contributed by atoms with Crippen molar-refractivity contribution < 1.29 is 19.0 Å². The summed E-state index contributed by atoms with van der Waals surface area (Å²) in [7, 11) is 5.19. The average Bonchev–Trinajstić information content (AvgIpc) is 3.02. The number of allylic oxidation sites excluding steroid dienone is 2. The number of halogens is 1. The van der Waals surface area contributed by atoms with Gasteiger partial charge in [-0.1, -0.05) is 22.0 Å². The van der Waals surface area contributed by atoms with Gasteiger partial charge in [-0.15, -0.1) is 0 Å². The summed E-state index contributed by atoms with van der Waals surface area (Å²) >= 11 is 3.68. The van der Waals surface area contributed by atoms with Gasteiger partial charge >= 0.3 is 5.97 Å². The molecule has 0 radical (unpaired) electrons. The first kappa shape index (κ1) is 18.6. The fourth-order valence-electron chi connectivity index (χ4n) is 4.89. The van der Waals surface area contributed by atoms with Crippen LogP contribution in [0.3, 0.4) is 0 Å². The van der Waals surface area contributed by atoms with Gasteiger partial charge < -0.3 is 14.2 Å². The number of rotatable bonds is 2. The maximum absolute atomic E-state index is 12.5. The fraction of sp³-hybridized carbons (Fsp3) is 0.476. The summed E-state index contributed by atoms with van der Waals surface area (Å²) in [5.74, 6) is 1.08. The minimum absolute atomic E-state index is 0.246. The van der Waals surface area contributed by atoms with E-state index in [2.05, 4.69) is 47.8 Å². The van der Waals surface area contributed by atoms with Crippen molar-refractivity contribution in [2.24, 2.45) is 0 Å². The zero-order valence-electron chi connectivity index (χ0n) is 16.3. The molecule has 1 saturated heterocycles. The van der Waals surface area contributed by atoms with E-state index in [-0.39, 0.29) is 17.4 Å². The molecule has 1 spiro atoms. The molecule has 0 amide bonds. The van der Waals surface area contributed by atoms with Crippen LogP contribution < -0.4 is 9.47 Å². The zero-order chi connectivity index (χ0) is 19.5. The lowest BCUT2D eigenvalue weighted by atomic mass is 9.60. The Bertz CT molecular complexity index is 891. The van der Waals surface area contributed by atoms with E-state index in [0.717, 1.165) is 34.3 Å². The molecule has 1 unspecified atom stereocenters. The highest BCUT2D eigenvalue weighted by molar-refractivity contribution is 9.10. The molecule has 4 rings (SSSR count). The average molecular weight is 434 g/mol. The third-order valence-corrected chi connectivity index (χ3v) is 7.25. The summed E-state index contributed by atoms with van der Waals surface area (Å²) in [6, 6.07) is 2.18. The second-order valence-electron chi connectivity index (χ2n) is 7.50. The number of fused-ring (bicyclic) bond motifs is 1. The highest BCUT2D eigenvalue weighted by Crippen LogP contribution is 2.60. The molecule has 5 nitrogen and oxygen atoms in total. The second kappa shape index (κ2) is 6.38. The molecule has 3 aliphatic rings. The van der Waals surface area contributed by atoms with E-state index in [9.17, 15) is 4.79 Å². The van der Waals surface area contributed by atoms with Crippen molar-refractivity contribution in [3.05, 3.63) is 45.0 Å². The molecular formula is C21H24BrNO4. The number of carbonyl (C=O) groups is 1. The predicted octanol–water partition coefficient (Wildman–Crippen LogP) is 3.53. The Morgan fingerprint density at radius 3 is 2.78 bits per heavy atom. The van der Waals surface area contributed by atoms with Gasteiger partial charge in [0.15, 0.2) is 11.5 Å². The standard InChI is InChI=1S/C21H24BrNO4/c1-11-15(22)10-16(25-4)18-17(11)21-8-9-23(3)12(2)14(21)7-6-13(19(21)27-18)20(24)26-5/h6-7,10,12,19H,8-9H2,1-5H3/t12?,19-,21-/m1/s1. The van der Waals surface area contributed by atoms with Gasteiger partial charge in [-0.2, -0.15) is 0 Å². The number of esters is 1. The van der Waals surface area contributed by atoms with Gasteiger partial charge in [-0.25, -0.2) is 4.79 Å². The lowest BCUT2D eigenvalue weighted by Gasteiger charge is -2.49. The van der Waals surface area contributed by atoms with Crippen molar-refractivity contribution in [1.82, 2.24) is 4.90 Å². The van der Waals surface area contributed by atoms with Crippen molar-refractivity contribution in [3.63, 3.8) is 0 Å². The molecule has 144 valence electrons. The molecule has 0 bridgehead atoms. The number of hydrogen-bond donors (Lipinski definition) is 0. The Labute approximate surface area is 168 Å². The number of hydrogen-bond acceptors (Lipinski definition) is 5. The van der Waals surface area contributed by atoms with Crippen LogP contribution >= 0.6 is 15.9 Å². The quantitative estimate of drug-likeness (QED) is 0.667. The Hall–Kier alpha value is -1.79. The topological polar surface area (TPSA) is 48.0 Å². The first-order valence-electron chi connectivity index (χ1n) is 9.11. The first-order chi connectivity index (χ1) is 12.9. The third kappa shape index (κ3) is 2.36. The minimum atomic E-state index is -0.405. The Kier molecular flexibility index (Phi) is 4.39. The SMILES string of the molecule is COC(=O)C1=CC=C2C(C)N(C)CC[C@]23c2c(C)c(Br)cc(OC)c2O[C@H]13. The lowest BCUT2D eigenvalue weighted by Crippen LogP contribution is -2.55. The van der Waals surface area contributed by atoms with Gasteiger partial charge in [0.1, 0.15) is 6.10 Å². The molecule has 1 aromatic rings. The third-order valence-electron chi connectivity index (χ3n) is 6.42. The molecule has 0 N–H and O–H groups in total. The van der Waals surface area contributed by atoms with Gasteiger partial charge in [0, 0.05) is 16.1 Å². The summed E-state index contributed by atoms with van der Waals surface area (Å²) in [6.45, 7) is 5.23. The van der Waals surface area contributed by atoms with Crippen molar-refractivity contribution in [2.45, 2.75) is 37.8 Å². The number of benzene rings is 1. The smallest absolute Gasteiger partial charge is 0.337 e. The molecule has 0 saturated carbocycles. The van der Waals surface area contributed by atoms with E-state index in [4.69, 9.17) is 14.2 Å². The number of ether oxygens (including phenoxy) is 3. The zero-order valence-corrected chi connectivity index (χ0v) is 17.8. The monoisotopic (exact) mass is 433 g/mol. The molecule has 1 aliphatic carbocycles. The van der Waals surface area contributed by atoms with Crippen molar-refractivity contribution in [2.75, 3.05) is 27.8 Å². The molecule has 1 fully saturated rings. The van der Waals surface area contributed by atoms with E-state index in [1.54, 1.807) is 7.11 Å². The van der Waals surface area contributed by atoms with E-state index in [0.29, 0.717) is 11.3 Å². The number of nitrogens with zero attached hydrogens (tertiary/aromatic N) is 1. The van der Waals surface area contributed by atoms with Gasteiger partial charge in [-0.05, 0) is 57.1 Å². The largest absolute Gasteiger partial charge is 0.493 e. The van der Waals surface area contributed by atoms with Gasteiger partial charge in [0.2, 0.25) is 0 Å². The van der Waals surface area contributed by atoms with Gasteiger partial charge in [-0.3, -0.25) is 4.90 Å². The van der Waals surface area contributed by atoms with E-state index in [1.807, 2.05) is 12.1 Å². The van der Waals surface area contributed by atoms with Crippen LogP contribution in [0.15, 0.2) is 33.8 Å². The Morgan fingerprint density at radius 2 is 2.11 bits per heavy atom. The fourth-order valence-corrected chi connectivity index (χ4v) is 5.29. The Morgan fingerprint density at radius 1 is 1.37 bits per heavy atom. The molecule has 27 heavy (non-hydrogen) atoms. The van der Waals surface area contributed by atoms with Crippen LogP contribution in [0.1, 0.15) is 24.5 Å². The van der Waals surface area contributed by atoms with Crippen molar-refractivity contribution in [3.8, 4) is 11.5 Å². The van der Waals surface area contributed by atoms with Crippen molar-refractivity contribution >= 4 is 21.9 Å². The molecule has 1 aromatic carbocycles. The van der Waals surface area contributed by atoms with Crippen LogP contribution in [-0.2, 0) is 14.9 Å². The normalized spacial score (nSPS) is 29.0. The predicted molar refractivity (Wildman–Crippen MR) is 106 cm³/mol. The molecule has 0 aromatic heterocycles. The summed E-state index contributed by atoms with van der Waals surface area (Å²) in [5, 5.41) is 0. The summed E-state index contributed by atoms with van der Waals surface area (Å²) in [6.07, 6.45) is 4.42. The number of likely N-dealkylation sites (tertiary alicyclic amines) is 1. The molecular weight excluding hydrogens is 410 g/mol. The van der Waals surface area contributed by atoms with Crippen LogP contribution in [0.4, 0.5) is 0 Å². The maximum atomic E-state index is 12.5. The van der Waals surface area contributed by atoms with E-state index >= 15 is 0 Å². The van der Waals surface area contributed by atoms with E-state index < -0.39 is 6.10 Å². The number of piperidine rings is 1.